The summed E-state index contributed by atoms with van der Waals surface area (Å²) in [6, 6.07) is 14.3. The van der Waals surface area contributed by atoms with Crippen LogP contribution in [-0.2, 0) is 4.74 Å². The number of rotatable bonds is 4. The van der Waals surface area contributed by atoms with Crippen LogP contribution in [0.1, 0.15) is 32.2 Å². The van der Waals surface area contributed by atoms with Crippen LogP contribution in [0.25, 0.3) is 11.5 Å². The van der Waals surface area contributed by atoms with Gasteiger partial charge in [-0.25, -0.2) is 9.78 Å². The molecule has 0 radical (unpaired) electrons. The molecule has 1 amide bonds. The van der Waals surface area contributed by atoms with E-state index in [4.69, 9.17) is 9.15 Å². The first-order valence-corrected chi connectivity index (χ1v) is 8.02. The molecule has 1 aromatic heterocycles. The molecule has 3 rings (SSSR count). The summed E-state index contributed by atoms with van der Waals surface area (Å²) in [5, 5.41) is 2.78. The number of hydrogen-bond donors (Lipinski definition) is 1. The topological polar surface area (TPSA) is 81.4 Å². The van der Waals surface area contributed by atoms with Gasteiger partial charge in [0.05, 0.1) is 12.7 Å². The maximum absolute atomic E-state index is 12.6. The molecular weight excluding hydrogens is 332 g/mol. The second kappa shape index (κ2) is 7.23. The van der Waals surface area contributed by atoms with Crippen molar-refractivity contribution in [1.29, 1.82) is 0 Å². The Labute approximate surface area is 150 Å². The molecule has 0 aliphatic heterocycles. The number of esters is 1. The Kier molecular flexibility index (Phi) is 4.84. The Balaban J connectivity index is 1.87. The highest BCUT2D eigenvalue weighted by Crippen LogP contribution is 2.23. The van der Waals surface area contributed by atoms with Gasteiger partial charge >= 0.3 is 5.97 Å². The van der Waals surface area contributed by atoms with Crippen molar-refractivity contribution in [2.75, 3.05) is 12.4 Å². The average molecular weight is 350 g/mol. The molecule has 1 heterocycles. The van der Waals surface area contributed by atoms with E-state index in [1.54, 1.807) is 25.1 Å². The lowest BCUT2D eigenvalue weighted by Gasteiger charge is -2.09. The lowest BCUT2D eigenvalue weighted by molar-refractivity contribution is 0.0600. The standard InChI is InChI=1S/C20H18N2O4/c1-12-9-10-15(20(24)25-3)11-16(12)21-18(23)17-13(2)26-19(22-17)14-7-5-4-6-8-14/h4-11H,1-3H3,(H,21,23). The summed E-state index contributed by atoms with van der Waals surface area (Å²) >= 11 is 0. The minimum Gasteiger partial charge on any atom is -0.465 e. The molecule has 0 fully saturated rings. The van der Waals surface area contributed by atoms with Crippen molar-refractivity contribution in [3.63, 3.8) is 0 Å². The van der Waals surface area contributed by atoms with Crippen LogP contribution in [0.5, 0.6) is 0 Å². The smallest absolute Gasteiger partial charge is 0.337 e. The van der Waals surface area contributed by atoms with E-state index in [0.29, 0.717) is 22.9 Å². The molecule has 0 bridgehead atoms. The normalized spacial score (nSPS) is 10.4. The Bertz CT molecular complexity index is 961. The molecule has 2 aromatic carbocycles. The van der Waals surface area contributed by atoms with Gasteiger partial charge in [-0.3, -0.25) is 4.79 Å². The van der Waals surface area contributed by atoms with Crippen molar-refractivity contribution in [1.82, 2.24) is 4.98 Å². The van der Waals surface area contributed by atoms with Gasteiger partial charge in [-0.15, -0.1) is 0 Å². The number of nitrogens with one attached hydrogen (secondary N) is 1. The van der Waals surface area contributed by atoms with Gasteiger partial charge in [0.1, 0.15) is 5.76 Å². The lowest BCUT2D eigenvalue weighted by Crippen LogP contribution is -2.15. The number of hydrogen-bond acceptors (Lipinski definition) is 5. The predicted octanol–water partition coefficient (Wildman–Crippen LogP) is 4.00. The minimum absolute atomic E-state index is 0.201. The van der Waals surface area contributed by atoms with Crippen molar-refractivity contribution in [2.24, 2.45) is 0 Å². The first kappa shape index (κ1) is 17.4. The van der Waals surface area contributed by atoms with Gasteiger partial charge in [0.25, 0.3) is 5.91 Å². The highest BCUT2D eigenvalue weighted by Gasteiger charge is 2.19. The van der Waals surface area contributed by atoms with Crippen LogP contribution >= 0.6 is 0 Å². The first-order valence-electron chi connectivity index (χ1n) is 8.02. The number of oxazole rings is 1. The predicted molar refractivity (Wildman–Crippen MR) is 97.1 cm³/mol. The molecule has 1 N–H and O–H groups in total. The number of benzene rings is 2. The maximum atomic E-state index is 12.6. The fourth-order valence-corrected chi connectivity index (χ4v) is 2.49. The van der Waals surface area contributed by atoms with Crippen LogP contribution in [0, 0.1) is 13.8 Å². The van der Waals surface area contributed by atoms with Gasteiger partial charge in [0, 0.05) is 11.3 Å². The second-order valence-electron chi connectivity index (χ2n) is 5.77. The number of methoxy groups -OCH3 is 1. The molecule has 26 heavy (non-hydrogen) atoms. The third-order valence-corrected chi connectivity index (χ3v) is 3.94. The number of carbonyl (C=O) groups is 2. The number of amides is 1. The van der Waals surface area contributed by atoms with Gasteiger partial charge in [-0.1, -0.05) is 24.3 Å². The third kappa shape index (κ3) is 3.49. The molecule has 0 aliphatic carbocycles. The van der Waals surface area contributed by atoms with Gasteiger partial charge in [0.2, 0.25) is 5.89 Å². The van der Waals surface area contributed by atoms with E-state index in [-0.39, 0.29) is 5.69 Å². The summed E-state index contributed by atoms with van der Waals surface area (Å²) in [7, 11) is 1.31. The monoisotopic (exact) mass is 350 g/mol. The molecule has 0 unspecified atom stereocenters. The molecule has 0 spiro atoms. The van der Waals surface area contributed by atoms with Crippen LogP contribution in [0.3, 0.4) is 0 Å². The molecule has 0 aliphatic rings. The van der Waals surface area contributed by atoms with E-state index in [2.05, 4.69) is 10.3 Å². The summed E-state index contributed by atoms with van der Waals surface area (Å²) in [6.45, 7) is 3.52. The van der Waals surface area contributed by atoms with Crippen molar-refractivity contribution in [3.05, 3.63) is 71.1 Å². The molecule has 6 heteroatoms. The number of carbonyl (C=O) groups excluding carboxylic acids is 2. The fourth-order valence-electron chi connectivity index (χ4n) is 2.49. The van der Waals surface area contributed by atoms with Crippen LogP contribution in [-0.4, -0.2) is 24.0 Å². The van der Waals surface area contributed by atoms with Crippen LogP contribution in [0.2, 0.25) is 0 Å². The summed E-state index contributed by atoms with van der Waals surface area (Å²) in [4.78, 5) is 28.6. The van der Waals surface area contributed by atoms with Gasteiger partial charge in [-0.2, -0.15) is 0 Å². The van der Waals surface area contributed by atoms with Gasteiger partial charge in [0.15, 0.2) is 5.69 Å². The third-order valence-electron chi connectivity index (χ3n) is 3.94. The SMILES string of the molecule is COC(=O)c1ccc(C)c(NC(=O)c2nc(-c3ccccc3)oc2C)c1. The van der Waals surface area contributed by atoms with Crippen molar-refractivity contribution in [2.45, 2.75) is 13.8 Å². The molecule has 3 aromatic rings. The largest absolute Gasteiger partial charge is 0.465 e. The van der Waals surface area contributed by atoms with E-state index in [1.165, 1.54) is 7.11 Å². The fraction of sp³-hybridized carbons (Fsp3) is 0.150. The Morgan fingerprint density at radius 2 is 1.81 bits per heavy atom. The number of aromatic nitrogens is 1. The summed E-state index contributed by atoms with van der Waals surface area (Å²) in [5.74, 6) is -0.0700. The maximum Gasteiger partial charge on any atom is 0.337 e. The zero-order valence-corrected chi connectivity index (χ0v) is 14.7. The highest BCUT2D eigenvalue weighted by atomic mass is 16.5. The van der Waals surface area contributed by atoms with Crippen molar-refractivity contribution < 1.29 is 18.7 Å². The molecular formula is C20H18N2O4. The Hall–Kier alpha value is -3.41. The first-order chi connectivity index (χ1) is 12.5. The summed E-state index contributed by atoms with van der Waals surface area (Å²) in [6.07, 6.45) is 0. The molecule has 0 saturated carbocycles. The van der Waals surface area contributed by atoms with Crippen LogP contribution in [0.15, 0.2) is 52.9 Å². The molecule has 0 atom stereocenters. The highest BCUT2D eigenvalue weighted by molar-refractivity contribution is 6.05. The van der Waals surface area contributed by atoms with Crippen LogP contribution < -0.4 is 5.32 Å². The number of anilines is 1. The number of ether oxygens (including phenoxy) is 1. The van der Waals surface area contributed by atoms with E-state index in [0.717, 1.165) is 11.1 Å². The van der Waals surface area contributed by atoms with E-state index in [9.17, 15) is 9.59 Å². The zero-order chi connectivity index (χ0) is 18.7. The molecule has 6 nitrogen and oxygen atoms in total. The molecule has 0 saturated heterocycles. The quantitative estimate of drug-likeness (QED) is 0.719. The number of nitrogens with zero attached hydrogens (tertiary/aromatic N) is 1. The van der Waals surface area contributed by atoms with Gasteiger partial charge < -0.3 is 14.5 Å². The van der Waals surface area contributed by atoms with E-state index < -0.39 is 11.9 Å². The zero-order valence-electron chi connectivity index (χ0n) is 14.7. The Morgan fingerprint density at radius 3 is 2.50 bits per heavy atom. The minimum atomic E-state index is -0.468. The van der Waals surface area contributed by atoms with Crippen molar-refractivity contribution >= 4 is 17.6 Å². The van der Waals surface area contributed by atoms with Crippen molar-refractivity contribution in [3.8, 4) is 11.5 Å². The summed E-state index contributed by atoms with van der Waals surface area (Å²) in [5.41, 5.74) is 2.68. The van der Waals surface area contributed by atoms with E-state index in [1.807, 2.05) is 37.3 Å². The summed E-state index contributed by atoms with van der Waals surface area (Å²) < 4.78 is 10.3. The Morgan fingerprint density at radius 1 is 1.08 bits per heavy atom. The number of aryl methyl sites for hydroxylation is 2. The van der Waals surface area contributed by atoms with Gasteiger partial charge in [-0.05, 0) is 43.7 Å². The second-order valence-corrected chi connectivity index (χ2v) is 5.77. The van der Waals surface area contributed by atoms with E-state index >= 15 is 0 Å². The van der Waals surface area contributed by atoms with Crippen LogP contribution in [0.4, 0.5) is 5.69 Å². The lowest BCUT2D eigenvalue weighted by atomic mass is 10.1. The average Bonchev–Trinajstić information content (AvgIpc) is 3.05. The molecule has 132 valence electrons.